The van der Waals surface area contributed by atoms with E-state index < -0.39 is 0 Å². The second kappa shape index (κ2) is 5.24. The number of ether oxygens (including phenoxy) is 2. The maximum absolute atomic E-state index is 6.00. The van der Waals surface area contributed by atoms with Crippen LogP contribution in [0, 0.1) is 11.8 Å². The monoisotopic (exact) mass is 246 g/mol. The van der Waals surface area contributed by atoms with Gasteiger partial charge in [0.15, 0.2) is 5.79 Å². The molecule has 0 radical (unpaired) electrons. The fourth-order valence-corrected chi connectivity index (χ4v) is 3.25. The van der Waals surface area contributed by atoms with Gasteiger partial charge < -0.3 is 9.47 Å². The molecule has 1 aliphatic heterocycles. The average Bonchev–Trinajstić information content (AvgIpc) is 2.60. The van der Waals surface area contributed by atoms with E-state index in [1.807, 2.05) is 0 Å². The summed E-state index contributed by atoms with van der Waals surface area (Å²) in [5.41, 5.74) is 0. The van der Waals surface area contributed by atoms with Gasteiger partial charge in [0.05, 0.1) is 18.6 Å². The quantitative estimate of drug-likeness (QED) is 0.709. The molecule has 0 bridgehead atoms. The van der Waals surface area contributed by atoms with Crippen LogP contribution in [0.5, 0.6) is 0 Å². The maximum Gasteiger partial charge on any atom is 0.169 e. The summed E-state index contributed by atoms with van der Waals surface area (Å²) in [6, 6.07) is 0. The Morgan fingerprint density at radius 3 is 2.88 bits per heavy atom. The average molecular weight is 247 g/mol. The van der Waals surface area contributed by atoms with E-state index in [1.165, 1.54) is 19.3 Å². The van der Waals surface area contributed by atoms with Crippen LogP contribution in [-0.2, 0) is 9.47 Å². The molecule has 1 saturated carbocycles. The summed E-state index contributed by atoms with van der Waals surface area (Å²) in [4.78, 5) is 0. The standard InChI is InChI=1S/C13H23ClO2/c1-10(2)6-11-4-3-5-13(7-11)15-9-12(8-14)16-13/h10-12H,3-9H2,1-2H3. The third-order valence-electron chi connectivity index (χ3n) is 3.66. The Balaban J connectivity index is 1.91. The van der Waals surface area contributed by atoms with Crippen molar-refractivity contribution in [2.45, 2.75) is 57.8 Å². The molecule has 16 heavy (non-hydrogen) atoms. The summed E-state index contributed by atoms with van der Waals surface area (Å²) < 4.78 is 11.9. The zero-order valence-electron chi connectivity index (χ0n) is 10.4. The Labute approximate surface area is 104 Å². The van der Waals surface area contributed by atoms with Crippen LogP contribution in [0.3, 0.4) is 0 Å². The van der Waals surface area contributed by atoms with Crippen LogP contribution in [0.25, 0.3) is 0 Å². The molecule has 3 heteroatoms. The predicted molar refractivity (Wildman–Crippen MR) is 65.7 cm³/mol. The first kappa shape index (κ1) is 12.7. The Bertz CT molecular complexity index is 232. The highest BCUT2D eigenvalue weighted by Crippen LogP contribution is 2.42. The molecule has 0 aromatic rings. The van der Waals surface area contributed by atoms with Crippen molar-refractivity contribution in [3.8, 4) is 0 Å². The highest BCUT2D eigenvalue weighted by Gasteiger charge is 2.44. The molecule has 0 amide bonds. The Morgan fingerprint density at radius 2 is 2.25 bits per heavy atom. The molecule has 3 unspecified atom stereocenters. The zero-order chi connectivity index (χ0) is 11.6. The third-order valence-corrected chi connectivity index (χ3v) is 4.00. The van der Waals surface area contributed by atoms with Crippen molar-refractivity contribution in [1.82, 2.24) is 0 Å². The van der Waals surface area contributed by atoms with Crippen LogP contribution in [0.1, 0.15) is 46.0 Å². The zero-order valence-corrected chi connectivity index (χ0v) is 11.1. The minimum absolute atomic E-state index is 0.111. The molecule has 1 saturated heterocycles. The van der Waals surface area contributed by atoms with E-state index in [9.17, 15) is 0 Å². The van der Waals surface area contributed by atoms with Crippen LogP contribution < -0.4 is 0 Å². The van der Waals surface area contributed by atoms with Gasteiger partial charge in [0.2, 0.25) is 0 Å². The lowest BCUT2D eigenvalue weighted by atomic mass is 9.80. The van der Waals surface area contributed by atoms with Crippen molar-refractivity contribution < 1.29 is 9.47 Å². The van der Waals surface area contributed by atoms with Crippen molar-refractivity contribution in [2.75, 3.05) is 12.5 Å². The summed E-state index contributed by atoms with van der Waals surface area (Å²) in [6.07, 6.45) is 6.08. The Kier molecular flexibility index (Phi) is 4.15. The minimum atomic E-state index is -0.280. The van der Waals surface area contributed by atoms with E-state index >= 15 is 0 Å². The molecular formula is C13H23ClO2. The van der Waals surface area contributed by atoms with E-state index in [2.05, 4.69) is 13.8 Å². The second-order valence-corrected chi connectivity index (χ2v) is 6.02. The first-order chi connectivity index (χ1) is 7.63. The minimum Gasteiger partial charge on any atom is -0.347 e. The Morgan fingerprint density at radius 1 is 1.44 bits per heavy atom. The summed E-state index contributed by atoms with van der Waals surface area (Å²) in [7, 11) is 0. The van der Waals surface area contributed by atoms with E-state index in [-0.39, 0.29) is 11.9 Å². The van der Waals surface area contributed by atoms with Gasteiger partial charge in [-0.15, -0.1) is 11.6 Å². The molecule has 0 aromatic heterocycles. The van der Waals surface area contributed by atoms with Gasteiger partial charge >= 0.3 is 0 Å². The van der Waals surface area contributed by atoms with Crippen molar-refractivity contribution in [2.24, 2.45) is 11.8 Å². The normalized spacial score (nSPS) is 39.8. The van der Waals surface area contributed by atoms with Crippen molar-refractivity contribution in [3.63, 3.8) is 0 Å². The highest BCUT2D eigenvalue weighted by atomic mass is 35.5. The van der Waals surface area contributed by atoms with Gasteiger partial charge in [0, 0.05) is 12.8 Å². The van der Waals surface area contributed by atoms with E-state index in [0.717, 1.165) is 24.7 Å². The SMILES string of the molecule is CC(C)CC1CCCC2(C1)OCC(CCl)O2. The lowest BCUT2D eigenvalue weighted by molar-refractivity contribution is -0.195. The molecule has 94 valence electrons. The molecule has 0 N–H and O–H groups in total. The maximum atomic E-state index is 6.00. The van der Waals surface area contributed by atoms with Crippen LogP contribution in [0.2, 0.25) is 0 Å². The van der Waals surface area contributed by atoms with E-state index in [0.29, 0.717) is 12.5 Å². The largest absolute Gasteiger partial charge is 0.347 e. The van der Waals surface area contributed by atoms with Crippen molar-refractivity contribution >= 4 is 11.6 Å². The summed E-state index contributed by atoms with van der Waals surface area (Å²) in [5, 5.41) is 0. The predicted octanol–water partition coefficient (Wildman–Crippen LogP) is 3.57. The highest BCUT2D eigenvalue weighted by molar-refractivity contribution is 6.18. The lowest BCUT2D eigenvalue weighted by Gasteiger charge is -2.37. The van der Waals surface area contributed by atoms with Crippen LogP contribution >= 0.6 is 11.6 Å². The van der Waals surface area contributed by atoms with E-state index in [1.54, 1.807) is 0 Å². The molecular weight excluding hydrogens is 224 g/mol. The number of alkyl halides is 1. The smallest absolute Gasteiger partial charge is 0.169 e. The number of hydrogen-bond donors (Lipinski definition) is 0. The first-order valence-electron chi connectivity index (χ1n) is 6.51. The second-order valence-electron chi connectivity index (χ2n) is 5.71. The Hall–Kier alpha value is 0.210. The van der Waals surface area contributed by atoms with Gasteiger partial charge in [-0.3, -0.25) is 0 Å². The van der Waals surface area contributed by atoms with Gasteiger partial charge in [0.1, 0.15) is 0 Å². The number of halogens is 1. The van der Waals surface area contributed by atoms with Crippen LogP contribution in [0.4, 0.5) is 0 Å². The van der Waals surface area contributed by atoms with Crippen LogP contribution in [0.15, 0.2) is 0 Å². The molecule has 2 aliphatic rings. The van der Waals surface area contributed by atoms with Gasteiger partial charge in [-0.05, 0) is 24.7 Å². The molecule has 3 atom stereocenters. The van der Waals surface area contributed by atoms with Crippen molar-refractivity contribution in [3.05, 3.63) is 0 Å². The topological polar surface area (TPSA) is 18.5 Å². The summed E-state index contributed by atoms with van der Waals surface area (Å²) in [6.45, 7) is 5.26. The van der Waals surface area contributed by atoms with Gasteiger partial charge in [-0.2, -0.15) is 0 Å². The molecule has 1 heterocycles. The lowest BCUT2D eigenvalue weighted by Crippen LogP contribution is -2.37. The molecule has 2 rings (SSSR count). The number of rotatable bonds is 3. The van der Waals surface area contributed by atoms with Crippen LogP contribution in [-0.4, -0.2) is 24.4 Å². The molecule has 1 aliphatic carbocycles. The van der Waals surface area contributed by atoms with Gasteiger partial charge in [0.25, 0.3) is 0 Å². The third kappa shape index (κ3) is 2.91. The summed E-state index contributed by atoms with van der Waals surface area (Å²) in [5.74, 6) is 1.81. The molecule has 2 fully saturated rings. The molecule has 0 aromatic carbocycles. The molecule has 2 nitrogen and oxygen atoms in total. The number of hydrogen-bond acceptors (Lipinski definition) is 2. The summed E-state index contributed by atoms with van der Waals surface area (Å²) >= 11 is 5.83. The molecule has 1 spiro atoms. The van der Waals surface area contributed by atoms with E-state index in [4.69, 9.17) is 21.1 Å². The fourth-order valence-electron chi connectivity index (χ4n) is 3.10. The first-order valence-corrected chi connectivity index (χ1v) is 7.05. The van der Waals surface area contributed by atoms with Crippen molar-refractivity contribution in [1.29, 1.82) is 0 Å². The fraction of sp³-hybridized carbons (Fsp3) is 1.00. The van der Waals surface area contributed by atoms with Gasteiger partial charge in [-0.25, -0.2) is 0 Å². The van der Waals surface area contributed by atoms with Gasteiger partial charge in [-0.1, -0.05) is 20.3 Å².